The van der Waals surface area contributed by atoms with Gasteiger partial charge in [0.25, 0.3) is 0 Å². The lowest BCUT2D eigenvalue weighted by molar-refractivity contribution is 0.250. The Kier molecular flexibility index (Phi) is 3.76. The summed E-state index contributed by atoms with van der Waals surface area (Å²) in [6, 6.07) is 7.65. The van der Waals surface area contributed by atoms with Crippen LogP contribution >= 0.6 is 0 Å². The molecule has 2 aliphatic rings. The van der Waals surface area contributed by atoms with E-state index in [4.69, 9.17) is 0 Å². The Hall–Kier alpha value is -1.06. The lowest BCUT2D eigenvalue weighted by Crippen LogP contribution is -2.45. The van der Waals surface area contributed by atoms with E-state index in [-0.39, 0.29) is 0 Å². The molecule has 0 unspecified atom stereocenters. The lowest BCUT2D eigenvalue weighted by atomic mass is 10.0. The first kappa shape index (κ1) is 12.9. The summed E-state index contributed by atoms with van der Waals surface area (Å²) in [5, 5.41) is 3.56. The monoisotopic (exact) mass is 259 g/mol. The molecule has 0 radical (unpaired) electrons. The second-order valence-corrected chi connectivity index (χ2v) is 6.04. The minimum absolute atomic E-state index is 0.720. The van der Waals surface area contributed by atoms with Crippen molar-refractivity contribution in [1.29, 1.82) is 0 Å². The summed E-state index contributed by atoms with van der Waals surface area (Å²) >= 11 is 0. The maximum atomic E-state index is 3.56. The molecular weight excluding hydrogens is 234 g/mol. The molecule has 0 spiro atoms. The second-order valence-electron chi connectivity index (χ2n) is 6.04. The molecule has 3 heteroatoms. The largest absolute Gasteiger partial charge is 0.367 e. The Morgan fingerprint density at radius 1 is 1.16 bits per heavy atom. The van der Waals surface area contributed by atoms with Gasteiger partial charge in [-0.1, -0.05) is 17.7 Å². The van der Waals surface area contributed by atoms with Crippen molar-refractivity contribution < 1.29 is 0 Å². The number of aryl methyl sites for hydroxylation is 1. The van der Waals surface area contributed by atoms with Gasteiger partial charge in [-0.15, -0.1) is 0 Å². The second kappa shape index (κ2) is 5.51. The van der Waals surface area contributed by atoms with Gasteiger partial charge in [-0.2, -0.15) is 0 Å². The van der Waals surface area contributed by atoms with Crippen LogP contribution in [0.25, 0.3) is 0 Å². The molecular formula is C16H25N3. The number of anilines is 1. The molecule has 2 heterocycles. The summed E-state index contributed by atoms with van der Waals surface area (Å²) < 4.78 is 0. The van der Waals surface area contributed by atoms with Crippen molar-refractivity contribution in [3.8, 4) is 0 Å². The predicted octanol–water partition coefficient (Wildman–Crippen LogP) is 2.00. The maximum absolute atomic E-state index is 3.56. The number of hydrogen-bond donors (Lipinski definition) is 1. The highest BCUT2D eigenvalue weighted by atomic mass is 15.2. The molecule has 104 valence electrons. The first-order valence-electron chi connectivity index (χ1n) is 7.49. The van der Waals surface area contributed by atoms with Crippen LogP contribution in [-0.2, 0) is 6.54 Å². The Bertz CT molecular complexity index is 436. The predicted molar refractivity (Wildman–Crippen MR) is 80.8 cm³/mol. The van der Waals surface area contributed by atoms with Gasteiger partial charge >= 0.3 is 0 Å². The zero-order valence-electron chi connectivity index (χ0n) is 12.2. The molecule has 1 saturated heterocycles. The van der Waals surface area contributed by atoms with Gasteiger partial charge in [0, 0.05) is 31.4 Å². The Morgan fingerprint density at radius 2 is 1.95 bits per heavy atom. The molecule has 0 saturated carbocycles. The van der Waals surface area contributed by atoms with E-state index in [9.17, 15) is 0 Å². The van der Waals surface area contributed by atoms with Crippen LogP contribution in [0.5, 0.6) is 0 Å². The van der Waals surface area contributed by atoms with E-state index < -0.39 is 0 Å². The maximum Gasteiger partial charge on any atom is 0.0414 e. The molecule has 2 aliphatic heterocycles. The highest BCUT2D eigenvalue weighted by Gasteiger charge is 2.25. The van der Waals surface area contributed by atoms with Crippen LogP contribution in [0, 0.1) is 6.92 Å². The number of fused-ring (bicyclic) bond motifs is 1. The van der Waals surface area contributed by atoms with Crippen LogP contribution in [-0.4, -0.2) is 44.2 Å². The van der Waals surface area contributed by atoms with Gasteiger partial charge < -0.3 is 15.1 Å². The smallest absolute Gasteiger partial charge is 0.0414 e. The molecule has 1 N–H and O–H groups in total. The normalized spacial score (nSPS) is 22.1. The van der Waals surface area contributed by atoms with E-state index in [1.54, 1.807) is 0 Å². The van der Waals surface area contributed by atoms with E-state index >= 15 is 0 Å². The number of rotatable bonds is 1. The topological polar surface area (TPSA) is 18.5 Å². The van der Waals surface area contributed by atoms with Crippen molar-refractivity contribution in [2.45, 2.75) is 32.4 Å². The van der Waals surface area contributed by atoms with Crippen LogP contribution < -0.4 is 10.2 Å². The molecule has 0 bridgehead atoms. The highest BCUT2D eigenvalue weighted by molar-refractivity contribution is 5.56. The molecule has 0 amide bonds. The van der Waals surface area contributed by atoms with Crippen molar-refractivity contribution in [2.75, 3.05) is 38.1 Å². The zero-order chi connectivity index (χ0) is 13.2. The first-order valence-corrected chi connectivity index (χ1v) is 7.49. The molecule has 3 rings (SSSR count). The van der Waals surface area contributed by atoms with Crippen molar-refractivity contribution in [1.82, 2.24) is 10.2 Å². The van der Waals surface area contributed by atoms with Gasteiger partial charge in [0.1, 0.15) is 0 Å². The first-order chi connectivity index (χ1) is 9.24. The molecule has 0 aromatic heterocycles. The third-order valence-corrected chi connectivity index (χ3v) is 4.52. The molecule has 1 aromatic carbocycles. The molecule has 0 aliphatic carbocycles. The summed E-state index contributed by atoms with van der Waals surface area (Å²) in [4.78, 5) is 5.10. The summed E-state index contributed by atoms with van der Waals surface area (Å²) in [6.45, 7) is 7.90. The van der Waals surface area contributed by atoms with Crippen LogP contribution in [0.15, 0.2) is 18.2 Å². The minimum atomic E-state index is 0.720. The van der Waals surface area contributed by atoms with Gasteiger partial charge in [0.05, 0.1) is 0 Å². The van der Waals surface area contributed by atoms with E-state index in [0.717, 1.165) is 25.7 Å². The Balaban J connectivity index is 1.85. The van der Waals surface area contributed by atoms with Crippen molar-refractivity contribution in [3.63, 3.8) is 0 Å². The van der Waals surface area contributed by atoms with Gasteiger partial charge in [-0.25, -0.2) is 0 Å². The molecule has 1 aromatic rings. The van der Waals surface area contributed by atoms with Crippen molar-refractivity contribution in [2.24, 2.45) is 0 Å². The Labute approximate surface area is 116 Å². The molecule has 3 nitrogen and oxygen atoms in total. The van der Waals surface area contributed by atoms with Crippen LogP contribution in [0.3, 0.4) is 0 Å². The number of nitrogens with one attached hydrogen (secondary N) is 1. The summed E-state index contributed by atoms with van der Waals surface area (Å²) in [7, 11) is 2.23. The number of benzene rings is 1. The van der Waals surface area contributed by atoms with Gasteiger partial charge in [0.15, 0.2) is 0 Å². The van der Waals surface area contributed by atoms with Crippen molar-refractivity contribution >= 4 is 5.69 Å². The van der Waals surface area contributed by atoms with E-state index in [1.165, 1.54) is 42.7 Å². The van der Waals surface area contributed by atoms with E-state index in [2.05, 4.69) is 47.3 Å². The molecule has 0 atom stereocenters. The average molecular weight is 259 g/mol. The number of hydrogen-bond acceptors (Lipinski definition) is 3. The van der Waals surface area contributed by atoms with E-state index in [0.29, 0.717) is 0 Å². The number of nitrogens with zero attached hydrogens (tertiary/aromatic N) is 2. The minimum Gasteiger partial charge on any atom is -0.367 e. The van der Waals surface area contributed by atoms with Crippen LogP contribution in [0.4, 0.5) is 5.69 Å². The van der Waals surface area contributed by atoms with Crippen molar-refractivity contribution in [3.05, 3.63) is 29.3 Å². The fraction of sp³-hybridized carbons (Fsp3) is 0.625. The summed E-state index contributed by atoms with van der Waals surface area (Å²) in [6.07, 6.45) is 2.59. The number of likely N-dealkylation sites (tertiary alicyclic amines) is 1. The van der Waals surface area contributed by atoms with Crippen LogP contribution in [0.2, 0.25) is 0 Å². The standard InChI is InChI=1S/C16H25N3/c1-13-3-4-16-14(11-13)12-17-7-10-19(16)15-5-8-18(2)9-6-15/h3-4,11,15,17H,5-10,12H2,1-2H3. The number of piperidine rings is 1. The van der Waals surface area contributed by atoms with Crippen LogP contribution in [0.1, 0.15) is 24.0 Å². The van der Waals surface area contributed by atoms with Gasteiger partial charge in [0.2, 0.25) is 0 Å². The quantitative estimate of drug-likeness (QED) is 0.832. The SMILES string of the molecule is Cc1ccc2c(c1)CNCCN2C1CCN(C)CC1. The fourth-order valence-electron chi connectivity index (χ4n) is 3.36. The highest BCUT2D eigenvalue weighted by Crippen LogP contribution is 2.28. The average Bonchev–Trinajstić information content (AvgIpc) is 2.61. The third-order valence-electron chi connectivity index (χ3n) is 4.52. The summed E-state index contributed by atoms with van der Waals surface area (Å²) in [5.74, 6) is 0. The fourth-order valence-corrected chi connectivity index (χ4v) is 3.36. The molecule has 19 heavy (non-hydrogen) atoms. The Morgan fingerprint density at radius 3 is 2.74 bits per heavy atom. The lowest BCUT2D eigenvalue weighted by Gasteiger charge is -2.38. The molecule has 1 fully saturated rings. The van der Waals surface area contributed by atoms with Gasteiger partial charge in [-0.05, 0) is 51.5 Å². The third kappa shape index (κ3) is 2.77. The zero-order valence-corrected chi connectivity index (χ0v) is 12.2. The summed E-state index contributed by atoms with van der Waals surface area (Å²) in [5.41, 5.74) is 4.30. The van der Waals surface area contributed by atoms with Gasteiger partial charge in [-0.3, -0.25) is 0 Å². The van der Waals surface area contributed by atoms with E-state index in [1.807, 2.05) is 0 Å².